The Morgan fingerprint density at radius 1 is 0.265 bits per heavy atom. The first kappa shape index (κ1) is 100. The first-order valence-corrected chi connectivity index (χ1v) is 46.1. The van der Waals surface area contributed by atoms with Gasteiger partial charge in [-0.2, -0.15) is 0 Å². The molecular formula is C83H162O17P2. The van der Waals surface area contributed by atoms with Crippen LogP contribution in [0.2, 0.25) is 0 Å². The molecule has 3 N–H and O–H groups in total. The van der Waals surface area contributed by atoms with E-state index in [0.29, 0.717) is 25.7 Å². The third kappa shape index (κ3) is 76.3. The molecule has 606 valence electrons. The van der Waals surface area contributed by atoms with Gasteiger partial charge in [0.2, 0.25) is 0 Å². The fourth-order valence-corrected chi connectivity index (χ4v) is 14.5. The molecule has 0 bridgehead atoms. The van der Waals surface area contributed by atoms with E-state index in [2.05, 4.69) is 34.6 Å². The van der Waals surface area contributed by atoms with Crippen molar-refractivity contribution in [1.29, 1.82) is 0 Å². The Bertz CT molecular complexity index is 1940. The minimum absolute atomic E-state index is 0.109. The van der Waals surface area contributed by atoms with E-state index < -0.39 is 97.5 Å². The van der Waals surface area contributed by atoms with Crippen molar-refractivity contribution >= 4 is 39.5 Å². The molecule has 0 spiro atoms. The van der Waals surface area contributed by atoms with Crippen molar-refractivity contribution in [3.63, 3.8) is 0 Å². The summed E-state index contributed by atoms with van der Waals surface area (Å²) in [7, 11) is -9.92. The van der Waals surface area contributed by atoms with Crippen LogP contribution in [0.3, 0.4) is 0 Å². The van der Waals surface area contributed by atoms with Crippen LogP contribution >= 0.6 is 15.6 Å². The molecule has 0 aromatic heterocycles. The van der Waals surface area contributed by atoms with E-state index in [4.69, 9.17) is 37.0 Å². The van der Waals surface area contributed by atoms with Gasteiger partial charge in [-0.3, -0.25) is 37.3 Å². The molecule has 0 aliphatic carbocycles. The maximum atomic E-state index is 13.1. The van der Waals surface area contributed by atoms with Crippen molar-refractivity contribution in [1.82, 2.24) is 0 Å². The maximum absolute atomic E-state index is 13.1. The Hall–Kier alpha value is -1.94. The SMILES string of the molecule is CCCCCCCCCCCCCCCCCCCCCCCCC(=O)O[C@H](COC(=O)CCCCCCCCCCCCCCC(C)C)COP(=O)(O)OC[C@@H](O)COP(=O)(O)OC[C@@H](COC(=O)CCCCCCCCCCCCC)OC(=O)CCCCCCCCCCCCCCCC. The van der Waals surface area contributed by atoms with Crippen molar-refractivity contribution in [3.8, 4) is 0 Å². The lowest BCUT2D eigenvalue weighted by Gasteiger charge is -2.21. The average molecular weight is 1490 g/mol. The number of hydrogen-bond acceptors (Lipinski definition) is 15. The maximum Gasteiger partial charge on any atom is 0.472 e. The number of esters is 4. The Morgan fingerprint density at radius 3 is 0.667 bits per heavy atom. The third-order valence-corrected chi connectivity index (χ3v) is 21.4. The molecule has 0 rings (SSSR count). The lowest BCUT2D eigenvalue weighted by molar-refractivity contribution is -0.161. The minimum atomic E-state index is -4.96. The Balaban J connectivity index is 5.21. The zero-order valence-corrected chi connectivity index (χ0v) is 68.5. The standard InChI is InChI=1S/C83H162O17P2/c1-6-9-12-15-18-21-24-26-28-29-30-31-32-33-34-35-37-44-49-54-59-64-69-83(88)100-79(73-94-81(86)67-62-57-52-47-42-39-38-41-45-50-55-60-65-76(4)5)75-98-102(91,92)96-71-77(84)70-95-101(89,90)97-74-78(72-93-80(85)66-61-56-51-46-40-23-20-17-14-11-8-3)99-82(87)68-63-58-53-48-43-36-27-25-22-19-16-13-10-7-2/h76-79,84H,6-75H2,1-5H3,(H,89,90)(H,91,92)/t77-,78+,79+/m0/s1. The van der Waals surface area contributed by atoms with Crippen molar-refractivity contribution in [2.75, 3.05) is 39.6 Å². The van der Waals surface area contributed by atoms with Gasteiger partial charge in [0.05, 0.1) is 26.4 Å². The number of aliphatic hydroxyl groups excluding tert-OH is 1. The molecule has 0 aromatic carbocycles. The topological polar surface area (TPSA) is 237 Å². The molecule has 0 aliphatic rings. The summed E-state index contributed by atoms with van der Waals surface area (Å²) in [5.41, 5.74) is 0. The number of hydrogen-bond donors (Lipinski definition) is 3. The summed E-state index contributed by atoms with van der Waals surface area (Å²) in [4.78, 5) is 73.1. The number of rotatable bonds is 83. The molecule has 19 heteroatoms. The highest BCUT2D eigenvalue weighted by Gasteiger charge is 2.30. The number of carbonyl (C=O) groups is 4. The van der Waals surface area contributed by atoms with Crippen molar-refractivity contribution in [3.05, 3.63) is 0 Å². The predicted octanol–water partition coefficient (Wildman–Crippen LogP) is 25.2. The lowest BCUT2D eigenvalue weighted by atomic mass is 10.0. The predicted molar refractivity (Wildman–Crippen MR) is 418 cm³/mol. The summed E-state index contributed by atoms with van der Waals surface area (Å²) in [6.07, 6.45) is 68.0. The van der Waals surface area contributed by atoms with Crippen LogP contribution in [-0.4, -0.2) is 96.7 Å². The zero-order valence-electron chi connectivity index (χ0n) is 66.8. The zero-order chi connectivity index (χ0) is 74.8. The Labute approximate surface area is 626 Å². The van der Waals surface area contributed by atoms with Crippen LogP contribution in [0.15, 0.2) is 0 Å². The van der Waals surface area contributed by atoms with Gasteiger partial charge in [-0.15, -0.1) is 0 Å². The first-order chi connectivity index (χ1) is 49.5. The van der Waals surface area contributed by atoms with Crippen LogP contribution in [0.1, 0.15) is 446 Å². The van der Waals surface area contributed by atoms with E-state index in [0.717, 1.165) is 95.8 Å². The average Bonchev–Trinajstić information content (AvgIpc) is 0.908. The molecule has 5 atom stereocenters. The van der Waals surface area contributed by atoms with E-state index in [9.17, 15) is 43.2 Å². The normalized spacial score (nSPS) is 13.8. The number of carbonyl (C=O) groups excluding carboxylic acids is 4. The van der Waals surface area contributed by atoms with Gasteiger partial charge in [0.15, 0.2) is 12.2 Å². The van der Waals surface area contributed by atoms with Crippen molar-refractivity contribution in [2.24, 2.45) is 5.92 Å². The van der Waals surface area contributed by atoms with Gasteiger partial charge >= 0.3 is 39.5 Å². The number of ether oxygens (including phenoxy) is 4. The molecule has 17 nitrogen and oxygen atoms in total. The summed E-state index contributed by atoms with van der Waals surface area (Å²) < 4.78 is 68.8. The third-order valence-electron chi connectivity index (χ3n) is 19.5. The van der Waals surface area contributed by atoms with E-state index >= 15 is 0 Å². The van der Waals surface area contributed by atoms with Crippen molar-refractivity contribution < 1.29 is 80.2 Å². The van der Waals surface area contributed by atoms with Crippen LogP contribution in [0.25, 0.3) is 0 Å². The van der Waals surface area contributed by atoms with Gasteiger partial charge in [-0.1, -0.05) is 394 Å². The van der Waals surface area contributed by atoms with Crippen LogP contribution in [0, 0.1) is 5.92 Å². The number of phosphoric acid groups is 2. The number of phosphoric ester groups is 2. The van der Waals surface area contributed by atoms with Gasteiger partial charge in [-0.25, -0.2) is 9.13 Å². The molecule has 0 saturated heterocycles. The first-order valence-electron chi connectivity index (χ1n) is 43.1. The summed E-state index contributed by atoms with van der Waals surface area (Å²) >= 11 is 0. The fourth-order valence-electron chi connectivity index (χ4n) is 12.9. The van der Waals surface area contributed by atoms with E-state index in [1.54, 1.807) is 0 Å². The fraction of sp³-hybridized carbons (Fsp3) is 0.952. The summed E-state index contributed by atoms with van der Waals surface area (Å²) in [5, 5.41) is 10.7. The van der Waals surface area contributed by atoms with Gasteiger partial charge in [-0.05, 0) is 31.6 Å². The van der Waals surface area contributed by atoms with Crippen molar-refractivity contribution in [2.45, 2.75) is 464 Å². The number of unbranched alkanes of at least 4 members (excludes halogenated alkanes) is 55. The summed E-state index contributed by atoms with van der Waals surface area (Å²) in [6.45, 7) is 7.35. The monoisotopic (exact) mass is 1490 g/mol. The molecule has 0 amide bonds. The lowest BCUT2D eigenvalue weighted by Crippen LogP contribution is -2.30. The van der Waals surface area contributed by atoms with Crippen LogP contribution in [0.5, 0.6) is 0 Å². The quantitative estimate of drug-likeness (QED) is 0.0222. The smallest absolute Gasteiger partial charge is 0.462 e. The summed E-state index contributed by atoms with van der Waals surface area (Å²) in [5.74, 6) is -1.32. The molecule has 0 aromatic rings. The second-order valence-electron chi connectivity index (χ2n) is 30.3. The molecule has 102 heavy (non-hydrogen) atoms. The van der Waals surface area contributed by atoms with E-state index in [1.165, 1.54) is 270 Å². The second-order valence-corrected chi connectivity index (χ2v) is 33.3. The van der Waals surface area contributed by atoms with Gasteiger partial charge in [0, 0.05) is 25.7 Å². The molecular weight excluding hydrogens is 1330 g/mol. The van der Waals surface area contributed by atoms with Gasteiger partial charge < -0.3 is 33.8 Å². The van der Waals surface area contributed by atoms with Gasteiger partial charge in [0.25, 0.3) is 0 Å². The van der Waals surface area contributed by atoms with Gasteiger partial charge in [0.1, 0.15) is 19.3 Å². The van der Waals surface area contributed by atoms with E-state index in [1.807, 2.05) is 0 Å². The molecule has 0 heterocycles. The molecule has 0 radical (unpaired) electrons. The van der Waals surface area contributed by atoms with Crippen LogP contribution in [0.4, 0.5) is 0 Å². The Morgan fingerprint density at radius 2 is 0.451 bits per heavy atom. The highest BCUT2D eigenvalue weighted by atomic mass is 31.2. The van der Waals surface area contributed by atoms with Crippen LogP contribution < -0.4 is 0 Å². The van der Waals surface area contributed by atoms with E-state index in [-0.39, 0.29) is 25.7 Å². The molecule has 2 unspecified atom stereocenters. The largest absolute Gasteiger partial charge is 0.472 e. The second kappa shape index (κ2) is 75.9. The molecule has 0 fully saturated rings. The molecule has 0 saturated carbocycles. The summed E-state index contributed by atoms with van der Waals surface area (Å²) in [6, 6.07) is 0. The highest BCUT2D eigenvalue weighted by Crippen LogP contribution is 2.45. The highest BCUT2D eigenvalue weighted by molar-refractivity contribution is 7.47. The number of aliphatic hydroxyl groups is 1. The minimum Gasteiger partial charge on any atom is -0.462 e. The molecule has 0 aliphatic heterocycles. The van der Waals surface area contributed by atoms with Crippen LogP contribution in [-0.2, 0) is 65.4 Å². The Kier molecular flexibility index (Phi) is 74.4.